The van der Waals surface area contributed by atoms with Crippen LogP contribution < -0.4 is 5.32 Å². The number of pyridine rings is 1. The third-order valence-corrected chi connectivity index (χ3v) is 5.26. The molecule has 21 heavy (non-hydrogen) atoms. The molecule has 0 saturated heterocycles. The smallest absolute Gasteiger partial charge is 0.311 e. The summed E-state index contributed by atoms with van der Waals surface area (Å²) in [7, 11) is 0. The lowest BCUT2D eigenvalue weighted by molar-refractivity contribution is -0.384. The Balaban J connectivity index is 2.12. The Bertz CT molecular complexity index is 723. The first-order valence-electron chi connectivity index (χ1n) is 7.05. The van der Waals surface area contributed by atoms with E-state index in [9.17, 15) is 10.1 Å². The lowest BCUT2D eigenvalue weighted by atomic mass is 10.0. The number of fused-ring (bicyclic) bond motifs is 1. The number of nitrogens with one attached hydrogen (secondary N) is 1. The van der Waals surface area contributed by atoms with Crippen molar-refractivity contribution in [3.63, 3.8) is 0 Å². The van der Waals surface area contributed by atoms with Gasteiger partial charge >= 0.3 is 5.69 Å². The molecule has 1 N–H and O–H groups in total. The number of nitro groups is 1. The van der Waals surface area contributed by atoms with Crippen molar-refractivity contribution in [1.82, 2.24) is 4.98 Å². The summed E-state index contributed by atoms with van der Waals surface area (Å²) in [5, 5.41) is 15.5. The van der Waals surface area contributed by atoms with Gasteiger partial charge in [-0.3, -0.25) is 10.1 Å². The zero-order valence-corrected chi connectivity index (χ0v) is 12.7. The predicted octanol–water partition coefficient (Wildman–Crippen LogP) is 3.99. The van der Waals surface area contributed by atoms with E-state index in [0.717, 1.165) is 10.9 Å². The van der Waals surface area contributed by atoms with E-state index in [1.165, 1.54) is 6.20 Å². The topological polar surface area (TPSA) is 68.1 Å². The summed E-state index contributed by atoms with van der Waals surface area (Å²) in [5.41, 5.74) is 1.58. The molecule has 5 heteroatoms. The van der Waals surface area contributed by atoms with Gasteiger partial charge in [0.15, 0.2) is 0 Å². The van der Waals surface area contributed by atoms with Crippen LogP contribution in [0.4, 0.5) is 11.4 Å². The number of rotatable bonds is 3. The first kappa shape index (κ1) is 13.8. The van der Waals surface area contributed by atoms with Crippen LogP contribution in [0.15, 0.2) is 30.5 Å². The maximum atomic E-state index is 11.3. The average Bonchev–Trinajstić information content (AvgIpc) is 2.81. The third kappa shape index (κ3) is 1.87. The van der Waals surface area contributed by atoms with Crippen molar-refractivity contribution < 1.29 is 4.92 Å². The monoisotopic (exact) mass is 285 g/mol. The van der Waals surface area contributed by atoms with Crippen LogP contribution in [0, 0.1) is 20.9 Å². The van der Waals surface area contributed by atoms with Crippen molar-refractivity contribution in [3.05, 3.63) is 40.6 Å². The average molecular weight is 285 g/mol. The lowest BCUT2D eigenvalue weighted by Gasteiger charge is -2.11. The molecule has 1 saturated carbocycles. The van der Waals surface area contributed by atoms with Crippen molar-refractivity contribution >= 4 is 22.3 Å². The van der Waals surface area contributed by atoms with Gasteiger partial charge in [0.1, 0.15) is 11.9 Å². The van der Waals surface area contributed by atoms with Gasteiger partial charge < -0.3 is 5.32 Å². The van der Waals surface area contributed by atoms with Crippen LogP contribution in [-0.2, 0) is 0 Å². The van der Waals surface area contributed by atoms with Crippen molar-refractivity contribution in [1.29, 1.82) is 0 Å². The van der Waals surface area contributed by atoms with E-state index in [0.29, 0.717) is 5.69 Å². The van der Waals surface area contributed by atoms with Gasteiger partial charge in [-0.05, 0) is 16.9 Å². The molecule has 1 aromatic carbocycles. The maximum absolute atomic E-state index is 11.3. The second kappa shape index (κ2) is 4.16. The van der Waals surface area contributed by atoms with Crippen LogP contribution in [0.25, 0.3) is 10.9 Å². The molecule has 0 bridgehead atoms. The summed E-state index contributed by atoms with van der Waals surface area (Å²) in [4.78, 5) is 15.1. The quantitative estimate of drug-likeness (QED) is 0.684. The van der Waals surface area contributed by atoms with E-state index in [4.69, 9.17) is 0 Å². The highest BCUT2D eigenvalue weighted by Gasteiger charge is 2.65. The molecule has 110 valence electrons. The molecule has 1 fully saturated rings. The van der Waals surface area contributed by atoms with Gasteiger partial charge in [-0.1, -0.05) is 45.9 Å². The molecule has 2 aromatic rings. The third-order valence-electron chi connectivity index (χ3n) is 5.26. The Morgan fingerprint density at radius 1 is 1.19 bits per heavy atom. The van der Waals surface area contributed by atoms with Gasteiger partial charge in [-0.15, -0.1) is 0 Å². The minimum absolute atomic E-state index is 0.0344. The lowest BCUT2D eigenvalue weighted by Crippen LogP contribution is -2.12. The van der Waals surface area contributed by atoms with E-state index in [2.05, 4.69) is 38.0 Å². The number of benzene rings is 1. The van der Waals surface area contributed by atoms with E-state index < -0.39 is 0 Å². The standard InChI is InChI=1S/C16H19N3O2/c1-15(2)14(16(15,3)4)18-13-10-7-5-6-8-11(10)17-9-12(13)19(20)21/h5-9,14H,1-4H3,(H,17,18). The maximum Gasteiger partial charge on any atom is 0.311 e. The summed E-state index contributed by atoms with van der Waals surface area (Å²) in [5.74, 6) is 0. The molecule has 0 amide bonds. The highest BCUT2D eigenvalue weighted by molar-refractivity contribution is 5.96. The number of hydrogen-bond acceptors (Lipinski definition) is 4. The van der Waals surface area contributed by atoms with Gasteiger partial charge in [0.2, 0.25) is 0 Å². The summed E-state index contributed by atoms with van der Waals surface area (Å²) in [6.07, 6.45) is 1.34. The fourth-order valence-corrected chi connectivity index (χ4v) is 3.12. The Morgan fingerprint density at radius 2 is 1.81 bits per heavy atom. The Kier molecular flexibility index (Phi) is 2.74. The highest BCUT2D eigenvalue weighted by atomic mass is 16.6. The molecule has 0 radical (unpaired) electrons. The molecule has 0 atom stereocenters. The summed E-state index contributed by atoms with van der Waals surface area (Å²) < 4.78 is 0. The van der Waals surface area contributed by atoms with Gasteiger partial charge in [0.05, 0.1) is 10.4 Å². The second-order valence-corrected chi connectivity index (χ2v) is 6.81. The number of anilines is 1. The number of aromatic nitrogens is 1. The van der Waals surface area contributed by atoms with Crippen LogP contribution in [0.5, 0.6) is 0 Å². The van der Waals surface area contributed by atoms with Crippen LogP contribution in [0.1, 0.15) is 27.7 Å². The minimum atomic E-state index is -0.371. The fraction of sp³-hybridized carbons (Fsp3) is 0.438. The van der Waals surface area contributed by atoms with Crippen LogP contribution >= 0.6 is 0 Å². The SMILES string of the molecule is CC1(C)C(Nc2c([N+](=O)[O-])cnc3ccccc23)C1(C)C. The van der Waals surface area contributed by atoms with Gasteiger partial charge in [0.25, 0.3) is 0 Å². The summed E-state index contributed by atoms with van der Waals surface area (Å²) in [6.45, 7) is 8.72. The molecule has 0 aliphatic heterocycles. The molecule has 5 nitrogen and oxygen atoms in total. The number of hydrogen-bond donors (Lipinski definition) is 1. The van der Waals surface area contributed by atoms with Crippen LogP contribution in [0.2, 0.25) is 0 Å². The Morgan fingerprint density at radius 3 is 2.38 bits per heavy atom. The molecule has 3 rings (SSSR count). The van der Waals surface area contributed by atoms with Crippen molar-refractivity contribution in [3.8, 4) is 0 Å². The number of para-hydroxylation sites is 1. The second-order valence-electron chi connectivity index (χ2n) is 6.81. The Labute approximate surface area is 123 Å². The Hall–Kier alpha value is -2.17. The van der Waals surface area contributed by atoms with Crippen LogP contribution in [-0.4, -0.2) is 15.9 Å². The van der Waals surface area contributed by atoms with Crippen molar-refractivity contribution in [2.45, 2.75) is 33.7 Å². The first-order valence-corrected chi connectivity index (χ1v) is 7.05. The molecule has 0 spiro atoms. The number of nitrogens with zero attached hydrogens (tertiary/aromatic N) is 2. The van der Waals surface area contributed by atoms with Gasteiger partial charge in [0, 0.05) is 11.4 Å². The van der Waals surface area contributed by atoms with E-state index in [1.54, 1.807) is 0 Å². The predicted molar refractivity (Wildman–Crippen MR) is 83.4 cm³/mol. The largest absolute Gasteiger partial charge is 0.375 e. The molecular weight excluding hydrogens is 266 g/mol. The zero-order chi connectivity index (χ0) is 15.4. The van der Waals surface area contributed by atoms with E-state index in [-0.39, 0.29) is 27.5 Å². The normalized spacial score (nSPS) is 19.4. The first-order chi connectivity index (χ1) is 9.76. The summed E-state index contributed by atoms with van der Waals surface area (Å²) in [6, 6.07) is 7.71. The zero-order valence-electron chi connectivity index (χ0n) is 12.7. The van der Waals surface area contributed by atoms with Gasteiger partial charge in [-0.2, -0.15) is 0 Å². The van der Waals surface area contributed by atoms with E-state index >= 15 is 0 Å². The van der Waals surface area contributed by atoms with E-state index in [1.807, 2.05) is 24.3 Å². The minimum Gasteiger partial charge on any atom is -0.375 e. The highest BCUT2D eigenvalue weighted by Crippen LogP contribution is 2.64. The fourth-order valence-electron chi connectivity index (χ4n) is 3.12. The molecule has 1 heterocycles. The molecule has 1 aliphatic rings. The van der Waals surface area contributed by atoms with Crippen LogP contribution in [0.3, 0.4) is 0 Å². The molecular formula is C16H19N3O2. The van der Waals surface area contributed by atoms with Gasteiger partial charge in [-0.25, -0.2) is 4.98 Å². The van der Waals surface area contributed by atoms with Crippen molar-refractivity contribution in [2.75, 3.05) is 5.32 Å². The molecule has 0 unspecified atom stereocenters. The van der Waals surface area contributed by atoms with Crippen molar-refractivity contribution in [2.24, 2.45) is 10.8 Å². The molecule has 1 aliphatic carbocycles. The molecule has 1 aromatic heterocycles. The summed E-state index contributed by atoms with van der Waals surface area (Å²) >= 11 is 0.